The lowest BCUT2D eigenvalue weighted by atomic mass is 9.85. The average Bonchev–Trinajstić information content (AvgIpc) is 2.80. The molecule has 1 aromatic carbocycles. The fourth-order valence-electron chi connectivity index (χ4n) is 4.24. The number of H-pyrrole nitrogens is 1. The number of ether oxygens (including phenoxy) is 4. The van der Waals surface area contributed by atoms with E-state index in [1.807, 2.05) is 0 Å². The van der Waals surface area contributed by atoms with Crippen LogP contribution in [0.2, 0.25) is 5.02 Å². The molecule has 2 aromatic rings. The Morgan fingerprint density at radius 3 is 2.54 bits per heavy atom. The van der Waals surface area contributed by atoms with Gasteiger partial charge in [-0.2, -0.15) is 13.2 Å². The number of aromatic nitrogens is 1. The van der Waals surface area contributed by atoms with Gasteiger partial charge in [-0.05, 0) is 64.7 Å². The van der Waals surface area contributed by atoms with Crippen molar-refractivity contribution in [2.24, 2.45) is 0 Å². The Morgan fingerprint density at radius 1 is 1.22 bits per heavy atom. The molecule has 1 N–H and O–H groups in total. The van der Waals surface area contributed by atoms with Gasteiger partial charge in [0, 0.05) is 34.5 Å². The van der Waals surface area contributed by atoms with Crippen LogP contribution in [0, 0.1) is 0 Å². The van der Waals surface area contributed by atoms with Crippen LogP contribution in [0.1, 0.15) is 57.9 Å². The maximum atomic E-state index is 13.5. The molecule has 2 atom stereocenters. The molecule has 0 amide bonds. The van der Waals surface area contributed by atoms with Crippen molar-refractivity contribution in [2.75, 3.05) is 20.3 Å². The molecule has 37 heavy (non-hydrogen) atoms. The van der Waals surface area contributed by atoms with Gasteiger partial charge < -0.3 is 23.9 Å². The number of pyridine rings is 1. The van der Waals surface area contributed by atoms with Crippen molar-refractivity contribution in [1.82, 2.24) is 4.98 Å². The number of hydrogen-bond donors (Lipinski definition) is 1. The topological polar surface area (TPSA) is 86.9 Å². The lowest BCUT2D eigenvalue weighted by Crippen LogP contribution is -2.34. The molecule has 0 saturated carbocycles. The Morgan fingerprint density at radius 2 is 1.95 bits per heavy atom. The van der Waals surface area contributed by atoms with E-state index in [9.17, 15) is 22.8 Å². The van der Waals surface area contributed by atoms with Crippen LogP contribution in [0.25, 0.3) is 11.1 Å². The molecule has 3 rings (SSSR count). The maximum Gasteiger partial charge on any atom is 0.422 e. The summed E-state index contributed by atoms with van der Waals surface area (Å²) in [4.78, 5) is 29.4. The maximum absolute atomic E-state index is 13.5. The first-order valence-corrected chi connectivity index (χ1v) is 12.3. The molecule has 0 bridgehead atoms. The number of halogens is 4. The Hall–Kier alpha value is -2.72. The number of rotatable bonds is 8. The van der Waals surface area contributed by atoms with Gasteiger partial charge in [-0.15, -0.1) is 0 Å². The van der Waals surface area contributed by atoms with Gasteiger partial charge in [-0.25, -0.2) is 0 Å². The standard InChI is InChI=1S/C26H31ClF3NO6/c1-25(2,3)37-24(33)18(12-16-7-5-6-10-35-16)22-21(20(34-4)13-31-23(22)32)17-11-15(27)8-9-19(17)36-14-26(28,29)30/h8-9,11,13,16,18H,5-7,10,12,14H2,1-4H3,(H,31,32)/t16-,18?/m1/s1. The first kappa shape index (κ1) is 28.8. The van der Waals surface area contributed by atoms with Gasteiger partial charge in [-0.3, -0.25) is 9.59 Å². The SMILES string of the molecule is COc1c[nH]c(=O)c(C(C[C@H]2CCCCO2)C(=O)OC(C)(C)C)c1-c1cc(Cl)ccc1OCC(F)(F)F. The summed E-state index contributed by atoms with van der Waals surface area (Å²) in [5.41, 5.74) is -1.33. The summed E-state index contributed by atoms with van der Waals surface area (Å²) in [5, 5.41) is 0.187. The molecule has 7 nitrogen and oxygen atoms in total. The zero-order chi connectivity index (χ0) is 27.4. The minimum absolute atomic E-state index is 0.0260. The van der Waals surface area contributed by atoms with Gasteiger partial charge in [0.25, 0.3) is 5.56 Å². The summed E-state index contributed by atoms with van der Waals surface area (Å²) in [6, 6.07) is 4.02. The molecule has 0 aliphatic carbocycles. The smallest absolute Gasteiger partial charge is 0.422 e. The van der Waals surface area contributed by atoms with Gasteiger partial charge in [0.15, 0.2) is 6.61 Å². The number of carbonyl (C=O) groups is 1. The van der Waals surface area contributed by atoms with Crippen molar-refractivity contribution < 1.29 is 36.9 Å². The van der Waals surface area contributed by atoms with Crippen LogP contribution in [0.15, 0.2) is 29.2 Å². The third-order valence-corrected chi connectivity index (χ3v) is 5.96. The van der Waals surface area contributed by atoms with Gasteiger partial charge in [0.05, 0.1) is 19.1 Å². The molecular formula is C26H31ClF3NO6. The molecule has 1 aliphatic heterocycles. The molecule has 2 heterocycles. The molecular weight excluding hydrogens is 515 g/mol. The largest absolute Gasteiger partial charge is 0.495 e. The van der Waals surface area contributed by atoms with Crippen LogP contribution in [0.5, 0.6) is 11.5 Å². The first-order valence-electron chi connectivity index (χ1n) is 11.9. The van der Waals surface area contributed by atoms with Gasteiger partial charge in [0.1, 0.15) is 17.1 Å². The number of carbonyl (C=O) groups excluding carboxylic acids is 1. The van der Waals surface area contributed by atoms with E-state index in [-0.39, 0.29) is 45.7 Å². The zero-order valence-electron chi connectivity index (χ0n) is 21.2. The third-order valence-electron chi connectivity index (χ3n) is 5.73. The fourth-order valence-corrected chi connectivity index (χ4v) is 4.41. The molecule has 11 heteroatoms. The molecule has 204 valence electrons. The first-order chi connectivity index (χ1) is 17.3. The summed E-state index contributed by atoms with van der Waals surface area (Å²) in [7, 11) is 1.34. The Balaban J connectivity index is 2.23. The van der Waals surface area contributed by atoms with Crippen LogP contribution in [-0.2, 0) is 14.3 Å². The summed E-state index contributed by atoms with van der Waals surface area (Å²) < 4.78 is 61.1. The number of aromatic amines is 1. The summed E-state index contributed by atoms with van der Waals surface area (Å²) in [6.07, 6.45) is -1.03. The number of hydrogen-bond acceptors (Lipinski definition) is 6. The number of esters is 1. The van der Waals surface area contributed by atoms with Crippen LogP contribution in [0.3, 0.4) is 0 Å². The summed E-state index contributed by atoms with van der Waals surface area (Å²) in [5.74, 6) is -1.83. The number of alkyl halides is 3. The van der Waals surface area contributed by atoms with Gasteiger partial charge in [0.2, 0.25) is 0 Å². The van der Waals surface area contributed by atoms with Crippen LogP contribution >= 0.6 is 11.6 Å². The quantitative estimate of drug-likeness (QED) is 0.408. The van der Waals surface area contributed by atoms with Crippen molar-refractivity contribution in [3.8, 4) is 22.6 Å². The van der Waals surface area contributed by atoms with E-state index in [2.05, 4.69) is 4.98 Å². The summed E-state index contributed by atoms with van der Waals surface area (Å²) >= 11 is 6.21. The van der Waals surface area contributed by atoms with Gasteiger partial charge >= 0.3 is 12.1 Å². The van der Waals surface area contributed by atoms with E-state index in [0.717, 1.165) is 12.8 Å². The normalized spacial score (nSPS) is 17.2. The predicted octanol–water partition coefficient (Wildman–Crippen LogP) is 6.03. The van der Waals surface area contributed by atoms with Crippen LogP contribution in [0.4, 0.5) is 13.2 Å². The van der Waals surface area contributed by atoms with Crippen LogP contribution in [-0.4, -0.2) is 49.2 Å². The second-order valence-corrected chi connectivity index (χ2v) is 10.3. The van der Waals surface area contributed by atoms with Crippen molar-refractivity contribution in [3.05, 3.63) is 45.3 Å². The minimum atomic E-state index is -4.60. The molecule has 1 aromatic heterocycles. The predicted molar refractivity (Wildman–Crippen MR) is 132 cm³/mol. The molecule has 0 spiro atoms. The van der Waals surface area contributed by atoms with E-state index < -0.39 is 35.8 Å². The van der Waals surface area contributed by atoms with Gasteiger partial charge in [-0.1, -0.05) is 11.6 Å². The Bertz CT molecular complexity index is 1150. The number of benzene rings is 1. The van der Waals surface area contributed by atoms with Crippen molar-refractivity contribution in [1.29, 1.82) is 0 Å². The summed E-state index contributed by atoms with van der Waals surface area (Å²) in [6.45, 7) is 4.08. The van der Waals surface area contributed by atoms with Crippen molar-refractivity contribution >= 4 is 17.6 Å². The molecule has 0 radical (unpaired) electrons. The highest BCUT2D eigenvalue weighted by Gasteiger charge is 2.36. The third kappa shape index (κ3) is 7.88. The lowest BCUT2D eigenvalue weighted by molar-refractivity contribution is -0.158. The molecule has 1 unspecified atom stereocenters. The van der Waals surface area contributed by atoms with E-state index in [1.54, 1.807) is 20.8 Å². The van der Waals surface area contributed by atoms with Crippen molar-refractivity contribution in [3.63, 3.8) is 0 Å². The second kappa shape index (κ2) is 11.8. The second-order valence-electron chi connectivity index (χ2n) is 9.83. The zero-order valence-corrected chi connectivity index (χ0v) is 21.9. The monoisotopic (exact) mass is 545 g/mol. The Labute approximate surface area is 218 Å². The highest BCUT2D eigenvalue weighted by Crippen LogP contribution is 2.43. The number of methoxy groups -OCH3 is 1. The van der Waals surface area contributed by atoms with E-state index in [1.165, 1.54) is 31.5 Å². The highest BCUT2D eigenvalue weighted by molar-refractivity contribution is 6.31. The molecule has 1 saturated heterocycles. The van der Waals surface area contributed by atoms with E-state index >= 15 is 0 Å². The molecule has 1 fully saturated rings. The van der Waals surface area contributed by atoms with E-state index in [4.69, 9.17) is 30.5 Å². The number of nitrogens with one attached hydrogen (secondary N) is 1. The van der Waals surface area contributed by atoms with Crippen LogP contribution < -0.4 is 15.0 Å². The minimum Gasteiger partial charge on any atom is -0.495 e. The average molecular weight is 546 g/mol. The fraction of sp³-hybridized carbons (Fsp3) is 0.538. The highest BCUT2D eigenvalue weighted by atomic mass is 35.5. The van der Waals surface area contributed by atoms with Crippen molar-refractivity contribution in [2.45, 2.75) is 70.3 Å². The van der Waals surface area contributed by atoms with E-state index in [0.29, 0.717) is 13.0 Å². The Kier molecular flexibility index (Phi) is 9.18. The lowest BCUT2D eigenvalue weighted by Gasteiger charge is -2.29. The molecule has 1 aliphatic rings.